The average molecular weight is 296 g/mol. The Morgan fingerprint density at radius 1 is 1.18 bits per heavy atom. The predicted octanol–water partition coefficient (Wildman–Crippen LogP) is 4.11. The maximum Gasteiger partial charge on any atom is 0.222 e. The number of aryl methyl sites for hydroxylation is 1. The van der Waals surface area contributed by atoms with Gasteiger partial charge in [0.1, 0.15) is 5.75 Å². The third kappa shape index (κ3) is 2.30. The van der Waals surface area contributed by atoms with Crippen LogP contribution in [0.15, 0.2) is 47.6 Å². The van der Waals surface area contributed by atoms with Gasteiger partial charge in [-0.05, 0) is 41.9 Å². The molecule has 3 aromatic rings. The third-order valence-corrected chi connectivity index (χ3v) is 3.76. The fourth-order valence-corrected chi connectivity index (χ4v) is 2.60. The van der Waals surface area contributed by atoms with E-state index in [2.05, 4.69) is 5.18 Å². The van der Waals surface area contributed by atoms with E-state index in [-0.39, 0.29) is 11.6 Å². The van der Waals surface area contributed by atoms with Crippen molar-refractivity contribution in [2.24, 2.45) is 5.18 Å². The molecular formula is C17H16N2O3. The Morgan fingerprint density at radius 3 is 2.55 bits per heavy atom. The minimum absolute atomic E-state index is 0.0900. The molecule has 3 rings (SSSR count). The second-order valence-corrected chi connectivity index (χ2v) is 5.22. The fourth-order valence-electron chi connectivity index (χ4n) is 2.60. The molecule has 0 radical (unpaired) electrons. The van der Waals surface area contributed by atoms with Crippen molar-refractivity contribution in [3.05, 3.63) is 58.5 Å². The lowest BCUT2D eigenvalue weighted by atomic mass is 10.1. The van der Waals surface area contributed by atoms with E-state index in [1.807, 2.05) is 49.4 Å². The van der Waals surface area contributed by atoms with Crippen molar-refractivity contribution in [2.45, 2.75) is 13.5 Å². The van der Waals surface area contributed by atoms with E-state index in [1.165, 1.54) is 0 Å². The molecule has 0 saturated carbocycles. The number of ether oxygens (including phenoxy) is 1. The molecule has 1 heterocycles. The molecule has 5 nitrogen and oxygen atoms in total. The van der Waals surface area contributed by atoms with E-state index in [4.69, 9.17) is 4.74 Å². The highest BCUT2D eigenvalue weighted by atomic mass is 16.5. The first-order valence-electron chi connectivity index (χ1n) is 6.92. The molecule has 0 unspecified atom stereocenters. The van der Waals surface area contributed by atoms with Gasteiger partial charge in [-0.1, -0.05) is 23.8 Å². The smallest absolute Gasteiger partial charge is 0.222 e. The molecule has 22 heavy (non-hydrogen) atoms. The Hall–Kier alpha value is -2.82. The van der Waals surface area contributed by atoms with Gasteiger partial charge in [-0.3, -0.25) is 0 Å². The van der Waals surface area contributed by atoms with Crippen molar-refractivity contribution < 1.29 is 9.84 Å². The van der Waals surface area contributed by atoms with Crippen LogP contribution in [0.25, 0.3) is 10.9 Å². The summed E-state index contributed by atoms with van der Waals surface area (Å²) in [6.45, 7) is 2.39. The van der Waals surface area contributed by atoms with E-state index in [0.29, 0.717) is 11.9 Å². The Balaban J connectivity index is 2.09. The van der Waals surface area contributed by atoms with Crippen LogP contribution >= 0.6 is 0 Å². The monoisotopic (exact) mass is 296 g/mol. The first kappa shape index (κ1) is 14.1. The summed E-state index contributed by atoms with van der Waals surface area (Å²) in [6.07, 6.45) is 0. The SMILES string of the molecule is COc1ccc(Cn2c(O)c(N=O)c3cc(C)ccc32)cc1. The van der Waals surface area contributed by atoms with Gasteiger partial charge in [0.25, 0.3) is 0 Å². The van der Waals surface area contributed by atoms with E-state index in [9.17, 15) is 10.0 Å². The molecule has 0 fully saturated rings. The summed E-state index contributed by atoms with van der Waals surface area (Å²) in [4.78, 5) is 11.1. The minimum atomic E-state index is -0.105. The van der Waals surface area contributed by atoms with Crippen LogP contribution in [0.3, 0.4) is 0 Å². The molecule has 0 bridgehead atoms. The molecule has 0 aliphatic carbocycles. The largest absolute Gasteiger partial charge is 0.497 e. The molecule has 0 spiro atoms. The van der Waals surface area contributed by atoms with Crippen molar-refractivity contribution in [3.63, 3.8) is 0 Å². The van der Waals surface area contributed by atoms with E-state index < -0.39 is 0 Å². The number of methoxy groups -OCH3 is 1. The van der Waals surface area contributed by atoms with Crippen LogP contribution in [0.2, 0.25) is 0 Å². The number of aromatic nitrogens is 1. The molecule has 0 atom stereocenters. The summed E-state index contributed by atoms with van der Waals surface area (Å²) in [7, 11) is 1.62. The first-order chi connectivity index (χ1) is 10.6. The van der Waals surface area contributed by atoms with Gasteiger partial charge in [0.05, 0.1) is 19.2 Å². The second kappa shape index (κ2) is 5.52. The van der Waals surface area contributed by atoms with Crippen LogP contribution in [0, 0.1) is 11.8 Å². The van der Waals surface area contributed by atoms with Gasteiger partial charge in [0.2, 0.25) is 5.88 Å². The highest BCUT2D eigenvalue weighted by Gasteiger charge is 2.17. The van der Waals surface area contributed by atoms with Crippen LogP contribution in [-0.4, -0.2) is 16.8 Å². The Morgan fingerprint density at radius 2 is 1.91 bits per heavy atom. The maximum atomic E-state index is 11.1. The molecule has 1 aromatic heterocycles. The zero-order valence-electron chi connectivity index (χ0n) is 12.4. The van der Waals surface area contributed by atoms with Crippen molar-refractivity contribution in [1.29, 1.82) is 0 Å². The number of nitroso groups, excluding NO2 is 1. The number of rotatable bonds is 4. The zero-order chi connectivity index (χ0) is 15.7. The lowest BCUT2D eigenvalue weighted by Gasteiger charge is -2.08. The molecule has 1 N–H and O–H groups in total. The van der Waals surface area contributed by atoms with Crippen LogP contribution < -0.4 is 4.74 Å². The van der Waals surface area contributed by atoms with E-state index in [0.717, 1.165) is 22.4 Å². The summed E-state index contributed by atoms with van der Waals surface area (Å²) in [5, 5.41) is 14.0. The summed E-state index contributed by atoms with van der Waals surface area (Å²) in [5.41, 5.74) is 2.88. The van der Waals surface area contributed by atoms with E-state index in [1.54, 1.807) is 11.7 Å². The quantitative estimate of drug-likeness (QED) is 0.737. The molecule has 0 aliphatic rings. The Bertz CT molecular complexity index is 835. The minimum Gasteiger partial charge on any atom is -0.497 e. The van der Waals surface area contributed by atoms with Gasteiger partial charge in [0.15, 0.2) is 5.69 Å². The van der Waals surface area contributed by atoms with Crippen molar-refractivity contribution in [1.82, 2.24) is 4.57 Å². The molecule has 2 aromatic carbocycles. The van der Waals surface area contributed by atoms with Crippen LogP contribution in [0.4, 0.5) is 5.69 Å². The van der Waals surface area contributed by atoms with Gasteiger partial charge in [-0.15, -0.1) is 4.91 Å². The normalized spacial score (nSPS) is 10.8. The molecular weight excluding hydrogens is 280 g/mol. The predicted molar refractivity (Wildman–Crippen MR) is 85.9 cm³/mol. The van der Waals surface area contributed by atoms with Gasteiger partial charge in [-0.25, -0.2) is 0 Å². The molecule has 5 heteroatoms. The first-order valence-corrected chi connectivity index (χ1v) is 6.92. The van der Waals surface area contributed by atoms with Crippen LogP contribution in [0.5, 0.6) is 11.6 Å². The fraction of sp³-hybridized carbons (Fsp3) is 0.176. The lowest BCUT2D eigenvalue weighted by molar-refractivity contribution is 0.414. The second-order valence-electron chi connectivity index (χ2n) is 5.22. The van der Waals surface area contributed by atoms with Gasteiger partial charge in [0, 0.05) is 5.39 Å². The van der Waals surface area contributed by atoms with Gasteiger partial charge < -0.3 is 14.4 Å². The number of aromatic hydroxyl groups is 1. The molecule has 0 saturated heterocycles. The van der Waals surface area contributed by atoms with Crippen molar-refractivity contribution in [3.8, 4) is 11.6 Å². The molecule has 0 amide bonds. The highest BCUT2D eigenvalue weighted by molar-refractivity contribution is 5.95. The zero-order valence-corrected chi connectivity index (χ0v) is 12.4. The number of nitrogens with zero attached hydrogens (tertiary/aromatic N) is 2. The van der Waals surface area contributed by atoms with Crippen molar-refractivity contribution in [2.75, 3.05) is 7.11 Å². The molecule has 0 aliphatic heterocycles. The number of benzene rings is 2. The topological polar surface area (TPSA) is 63.8 Å². The van der Waals surface area contributed by atoms with Crippen LogP contribution in [0.1, 0.15) is 11.1 Å². The summed E-state index contributed by atoms with van der Waals surface area (Å²) in [6, 6.07) is 13.3. The van der Waals surface area contributed by atoms with Gasteiger partial charge in [-0.2, -0.15) is 0 Å². The van der Waals surface area contributed by atoms with Crippen molar-refractivity contribution >= 4 is 16.6 Å². The standard InChI is InChI=1S/C17H16N2O3/c1-11-3-8-15-14(9-11)16(18-21)17(20)19(15)10-12-4-6-13(22-2)7-5-12/h3-9,20H,10H2,1-2H3. The van der Waals surface area contributed by atoms with Gasteiger partial charge >= 0.3 is 0 Å². The Labute approximate surface area is 127 Å². The third-order valence-electron chi connectivity index (χ3n) is 3.76. The molecule has 112 valence electrons. The van der Waals surface area contributed by atoms with E-state index >= 15 is 0 Å². The lowest BCUT2D eigenvalue weighted by Crippen LogP contribution is -1.99. The number of fused-ring (bicyclic) bond motifs is 1. The Kier molecular flexibility index (Phi) is 3.55. The summed E-state index contributed by atoms with van der Waals surface area (Å²) < 4.78 is 6.82. The van der Waals surface area contributed by atoms with Crippen LogP contribution in [-0.2, 0) is 6.54 Å². The summed E-state index contributed by atoms with van der Waals surface area (Å²) >= 11 is 0. The average Bonchev–Trinajstić information content (AvgIpc) is 2.79. The summed E-state index contributed by atoms with van der Waals surface area (Å²) in [5.74, 6) is 0.669. The number of hydrogen-bond acceptors (Lipinski definition) is 4. The maximum absolute atomic E-state index is 11.1. The highest BCUT2D eigenvalue weighted by Crippen LogP contribution is 2.39. The number of hydrogen-bond donors (Lipinski definition) is 1.